The van der Waals surface area contributed by atoms with Crippen molar-refractivity contribution in [3.8, 4) is 0 Å². The minimum atomic E-state index is -0.824. The zero-order chi connectivity index (χ0) is 21.7. The van der Waals surface area contributed by atoms with Gasteiger partial charge in [-0.2, -0.15) is 4.90 Å². The number of hydrogen-bond acceptors (Lipinski definition) is 6. The maximum Gasteiger partial charge on any atom is 0.425 e. The lowest BCUT2D eigenvalue weighted by Gasteiger charge is -2.28. The number of nitrogens with two attached hydrogens (primary N) is 1. The Morgan fingerprint density at radius 1 is 1.07 bits per heavy atom. The van der Waals surface area contributed by atoms with Crippen LogP contribution in [0.5, 0.6) is 0 Å². The Kier molecular flexibility index (Phi) is 7.99. The lowest BCUT2D eigenvalue weighted by atomic mass is 10.0. The standard InChI is InChI=1S/C21H35N3O4/c1-9-10-11-15-12-17(23-14(2)16(15)13-22)24(18(25)27-20(3,4)5)19(26)28-21(6,7)8/h12H,9-11,13,22H2,1-8H3. The van der Waals surface area contributed by atoms with E-state index in [2.05, 4.69) is 11.9 Å². The van der Waals surface area contributed by atoms with Gasteiger partial charge in [0.15, 0.2) is 0 Å². The summed E-state index contributed by atoms with van der Waals surface area (Å²) in [6.07, 6.45) is 1.12. The number of pyridine rings is 1. The molecule has 1 aromatic heterocycles. The van der Waals surface area contributed by atoms with Gasteiger partial charge in [-0.1, -0.05) is 13.3 Å². The number of carbonyl (C=O) groups excluding carboxylic acids is 2. The molecule has 0 bridgehead atoms. The van der Waals surface area contributed by atoms with E-state index in [0.29, 0.717) is 12.2 Å². The molecule has 0 saturated heterocycles. The molecule has 0 saturated carbocycles. The van der Waals surface area contributed by atoms with E-state index in [1.807, 2.05) is 6.92 Å². The van der Waals surface area contributed by atoms with E-state index in [1.165, 1.54) is 0 Å². The molecule has 0 aromatic carbocycles. The Balaban J connectivity index is 3.45. The van der Waals surface area contributed by atoms with Crippen LogP contribution in [-0.4, -0.2) is 28.4 Å². The van der Waals surface area contributed by atoms with Gasteiger partial charge in [0.2, 0.25) is 0 Å². The molecular weight excluding hydrogens is 358 g/mol. The predicted octanol–water partition coefficient (Wildman–Crippen LogP) is 4.87. The summed E-state index contributed by atoms with van der Waals surface area (Å²) < 4.78 is 10.9. The molecule has 0 radical (unpaired) electrons. The van der Waals surface area contributed by atoms with E-state index in [4.69, 9.17) is 15.2 Å². The van der Waals surface area contributed by atoms with Crippen LogP contribution in [-0.2, 0) is 22.4 Å². The van der Waals surface area contributed by atoms with Crippen LogP contribution in [0.3, 0.4) is 0 Å². The molecule has 2 N–H and O–H groups in total. The molecule has 0 aliphatic carbocycles. The molecule has 1 rings (SSSR count). The number of carbonyl (C=O) groups is 2. The Labute approximate surface area is 168 Å². The molecule has 158 valence electrons. The second kappa shape index (κ2) is 9.37. The second-order valence-electron chi connectivity index (χ2n) is 8.81. The Morgan fingerprint density at radius 2 is 1.57 bits per heavy atom. The van der Waals surface area contributed by atoms with Crippen LogP contribution in [0.15, 0.2) is 6.07 Å². The molecule has 0 aliphatic rings. The maximum absolute atomic E-state index is 12.8. The summed E-state index contributed by atoms with van der Waals surface area (Å²) in [6, 6.07) is 1.73. The minimum absolute atomic E-state index is 0.185. The molecular formula is C21H35N3O4. The average Bonchev–Trinajstić information content (AvgIpc) is 2.49. The average molecular weight is 394 g/mol. The number of ether oxygens (including phenoxy) is 2. The number of amides is 2. The van der Waals surface area contributed by atoms with Gasteiger partial charge in [0.1, 0.15) is 17.0 Å². The molecule has 7 nitrogen and oxygen atoms in total. The van der Waals surface area contributed by atoms with Crippen molar-refractivity contribution >= 4 is 18.0 Å². The normalized spacial score (nSPS) is 11.9. The molecule has 0 fully saturated rings. The molecule has 0 atom stereocenters. The van der Waals surface area contributed by atoms with Gasteiger partial charge in [-0.05, 0) is 78.5 Å². The van der Waals surface area contributed by atoms with E-state index >= 15 is 0 Å². The Hall–Kier alpha value is -2.15. The van der Waals surface area contributed by atoms with Crippen molar-refractivity contribution in [1.82, 2.24) is 4.98 Å². The van der Waals surface area contributed by atoms with Crippen LogP contribution in [0.25, 0.3) is 0 Å². The summed E-state index contributed by atoms with van der Waals surface area (Å²) in [5.41, 5.74) is 6.96. The molecule has 0 unspecified atom stereocenters. The first kappa shape index (κ1) is 23.9. The number of anilines is 1. The lowest BCUT2D eigenvalue weighted by Crippen LogP contribution is -2.44. The van der Waals surface area contributed by atoms with Crippen molar-refractivity contribution in [2.45, 2.75) is 92.4 Å². The Morgan fingerprint density at radius 3 is 1.96 bits per heavy atom. The fourth-order valence-electron chi connectivity index (χ4n) is 2.61. The quantitative estimate of drug-likeness (QED) is 0.767. The van der Waals surface area contributed by atoms with E-state index in [-0.39, 0.29) is 5.82 Å². The van der Waals surface area contributed by atoms with Gasteiger partial charge >= 0.3 is 12.2 Å². The predicted molar refractivity (Wildman–Crippen MR) is 110 cm³/mol. The SMILES string of the molecule is CCCCc1cc(N(C(=O)OC(C)(C)C)C(=O)OC(C)(C)C)nc(C)c1CN. The first-order valence-electron chi connectivity index (χ1n) is 9.74. The zero-order valence-electron chi connectivity index (χ0n) is 18.5. The summed E-state index contributed by atoms with van der Waals surface area (Å²) in [5, 5.41) is 0. The number of imide groups is 1. The summed E-state index contributed by atoms with van der Waals surface area (Å²) >= 11 is 0. The molecule has 28 heavy (non-hydrogen) atoms. The molecule has 1 aromatic rings. The van der Waals surface area contributed by atoms with Gasteiger partial charge in [-0.25, -0.2) is 14.6 Å². The third-order valence-electron chi connectivity index (χ3n) is 3.79. The van der Waals surface area contributed by atoms with Crippen LogP contribution in [0.2, 0.25) is 0 Å². The molecule has 2 amide bonds. The zero-order valence-corrected chi connectivity index (χ0v) is 18.5. The number of rotatable bonds is 5. The van der Waals surface area contributed by atoms with Gasteiger partial charge < -0.3 is 15.2 Å². The number of hydrogen-bond donors (Lipinski definition) is 1. The van der Waals surface area contributed by atoms with E-state index in [0.717, 1.165) is 35.3 Å². The van der Waals surface area contributed by atoms with Crippen LogP contribution in [0.4, 0.5) is 15.4 Å². The summed E-state index contributed by atoms with van der Waals surface area (Å²) in [6.45, 7) is 14.7. The summed E-state index contributed by atoms with van der Waals surface area (Å²) in [7, 11) is 0. The number of aromatic nitrogens is 1. The van der Waals surface area contributed by atoms with Gasteiger partial charge in [-0.15, -0.1) is 0 Å². The first-order chi connectivity index (χ1) is 12.8. The molecule has 7 heteroatoms. The topological polar surface area (TPSA) is 94.8 Å². The number of unbranched alkanes of at least 4 members (excludes halogenated alkanes) is 1. The maximum atomic E-state index is 12.8. The van der Waals surface area contributed by atoms with E-state index in [9.17, 15) is 9.59 Å². The highest BCUT2D eigenvalue weighted by Gasteiger charge is 2.34. The van der Waals surface area contributed by atoms with Gasteiger partial charge in [0, 0.05) is 12.2 Å². The molecule has 1 heterocycles. The van der Waals surface area contributed by atoms with Crippen molar-refractivity contribution in [2.75, 3.05) is 4.90 Å². The van der Waals surface area contributed by atoms with E-state index in [1.54, 1.807) is 47.6 Å². The van der Waals surface area contributed by atoms with Gasteiger partial charge in [-0.3, -0.25) is 0 Å². The number of nitrogens with zero attached hydrogens (tertiary/aromatic N) is 2. The third-order valence-corrected chi connectivity index (χ3v) is 3.79. The van der Waals surface area contributed by atoms with Crippen molar-refractivity contribution in [1.29, 1.82) is 0 Å². The smallest absolute Gasteiger partial charge is 0.425 e. The molecule has 0 aliphatic heterocycles. The van der Waals surface area contributed by atoms with Crippen LogP contribution in [0, 0.1) is 6.92 Å². The fraction of sp³-hybridized carbons (Fsp3) is 0.667. The van der Waals surface area contributed by atoms with Gasteiger partial charge in [0.25, 0.3) is 0 Å². The monoisotopic (exact) mass is 393 g/mol. The summed E-state index contributed by atoms with van der Waals surface area (Å²) in [4.78, 5) is 31.0. The van der Waals surface area contributed by atoms with Crippen LogP contribution < -0.4 is 10.6 Å². The highest BCUT2D eigenvalue weighted by Crippen LogP contribution is 2.25. The van der Waals surface area contributed by atoms with Crippen molar-refractivity contribution < 1.29 is 19.1 Å². The first-order valence-corrected chi connectivity index (χ1v) is 9.74. The molecule has 0 spiro atoms. The van der Waals surface area contributed by atoms with Crippen LogP contribution >= 0.6 is 0 Å². The van der Waals surface area contributed by atoms with Crippen LogP contribution in [0.1, 0.15) is 78.1 Å². The number of aryl methyl sites for hydroxylation is 2. The summed E-state index contributed by atoms with van der Waals surface area (Å²) in [5.74, 6) is 0.185. The van der Waals surface area contributed by atoms with Gasteiger partial charge in [0.05, 0.1) is 0 Å². The lowest BCUT2D eigenvalue weighted by molar-refractivity contribution is 0.0429. The van der Waals surface area contributed by atoms with Crippen molar-refractivity contribution in [2.24, 2.45) is 5.73 Å². The van der Waals surface area contributed by atoms with Crippen molar-refractivity contribution in [3.63, 3.8) is 0 Å². The van der Waals surface area contributed by atoms with E-state index < -0.39 is 23.4 Å². The fourth-order valence-corrected chi connectivity index (χ4v) is 2.61. The van der Waals surface area contributed by atoms with Crippen molar-refractivity contribution in [3.05, 3.63) is 22.9 Å². The second-order valence-corrected chi connectivity index (χ2v) is 8.81. The minimum Gasteiger partial charge on any atom is -0.443 e. The Bertz CT molecular complexity index is 675. The highest BCUT2D eigenvalue weighted by atomic mass is 16.6. The third kappa shape index (κ3) is 7.11. The highest BCUT2D eigenvalue weighted by molar-refractivity contribution is 6.08. The largest absolute Gasteiger partial charge is 0.443 e.